The number of nitrogens with zero attached hydrogens (tertiary/aromatic N) is 4. The highest BCUT2D eigenvalue weighted by molar-refractivity contribution is 6.31. The number of nitrogens with one attached hydrogen (secondary N) is 2. The number of aromatic nitrogens is 3. The van der Waals surface area contributed by atoms with Crippen LogP contribution in [0.25, 0.3) is 0 Å². The fourth-order valence-corrected chi connectivity index (χ4v) is 3.37. The van der Waals surface area contributed by atoms with Gasteiger partial charge in [0, 0.05) is 29.5 Å². The molecular weight excluding hydrogens is 407 g/mol. The predicted octanol–water partition coefficient (Wildman–Crippen LogP) is 5.65. The van der Waals surface area contributed by atoms with E-state index in [-0.39, 0.29) is 12.4 Å². The van der Waals surface area contributed by atoms with Crippen LogP contribution in [0.1, 0.15) is 24.0 Å². The molecule has 0 saturated carbocycles. The second-order valence-corrected chi connectivity index (χ2v) is 7.47. The van der Waals surface area contributed by atoms with Crippen molar-refractivity contribution in [1.82, 2.24) is 15.0 Å². The number of rotatable bonds is 5. The normalized spacial score (nSPS) is 13.1. The standard InChI is InChI=1S/C21H23ClN6.ClH/c1-14-6-5-7-16(12-14)23-19-25-20(24-17-9-8-15(2)18(22)13-17)27-21(26-19)28-10-3-4-11-28;/h5-9,12-13H,3-4,10-11H2,1-2H3,(H2,23,24,25,26,27);1H. The summed E-state index contributed by atoms with van der Waals surface area (Å²) in [5, 5.41) is 7.27. The Morgan fingerprint density at radius 2 is 1.52 bits per heavy atom. The van der Waals surface area contributed by atoms with E-state index in [0.29, 0.717) is 22.9 Å². The third-order valence-corrected chi connectivity index (χ3v) is 5.12. The van der Waals surface area contributed by atoms with Gasteiger partial charge in [0.25, 0.3) is 0 Å². The molecule has 2 N–H and O–H groups in total. The molecule has 1 saturated heterocycles. The predicted molar refractivity (Wildman–Crippen MR) is 122 cm³/mol. The molecule has 1 aromatic heterocycles. The molecule has 1 aliphatic heterocycles. The quantitative estimate of drug-likeness (QED) is 0.544. The van der Waals surface area contributed by atoms with Crippen LogP contribution in [0.4, 0.5) is 29.2 Å². The van der Waals surface area contributed by atoms with Crippen molar-refractivity contribution >= 4 is 53.2 Å². The van der Waals surface area contributed by atoms with Crippen molar-refractivity contribution in [3.05, 3.63) is 58.6 Å². The van der Waals surface area contributed by atoms with Crippen LogP contribution in [0.15, 0.2) is 42.5 Å². The molecule has 0 spiro atoms. The monoisotopic (exact) mass is 430 g/mol. The third-order valence-electron chi connectivity index (χ3n) is 4.71. The van der Waals surface area contributed by atoms with Gasteiger partial charge in [-0.15, -0.1) is 12.4 Å². The Morgan fingerprint density at radius 3 is 2.14 bits per heavy atom. The summed E-state index contributed by atoms with van der Waals surface area (Å²) in [5.74, 6) is 1.69. The molecule has 1 aliphatic rings. The molecule has 3 aromatic rings. The summed E-state index contributed by atoms with van der Waals surface area (Å²) in [6.45, 7) is 5.96. The number of hydrogen-bond donors (Lipinski definition) is 2. The lowest BCUT2D eigenvalue weighted by atomic mass is 10.2. The topological polar surface area (TPSA) is 66.0 Å². The molecule has 0 amide bonds. The smallest absolute Gasteiger partial charge is 0.233 e. The number of anilines is 5. The average molecular weight is 431 g/mol. The van der Waals surface area contributed by atoms with Crippen LogP contribution in [-0.4, -0.2) is 28.0 Å². The molecule has 0 bridgehead atoms. The fourth-order valence-electron chi connectivity index (χ4n) is 3.19. The molecule has 1 fully saturated rings. The van der Waals surface area contributed by atoms with Gasteiger partial charge in [-0.05, 0) is 62.1 Å². The Kier molecular flexibility index (Phi) is 6.77. The van der Waals surface area contributed by atoms with Gasteiger partial charge < -0.3 is 15.5 Å². The lowest BCUT2D eigenvalue weighted by Gasteiger charge is -2.17. The maximum Gasteiger partial charge on any atom is 0.233 e. The minimum atomic E-state index is 0. The van der Waals surface area contributed by atoms with Gasteiger partial charge in [0.2, 0.25) is 17.8 Å². The molecule has 0 aliphatic carbocycles. The summed E-state index contributed by atoms with van der Waals surface area (Å²) in [4.78, 5) is 16.0. The van der Waals surface area contributed by atoms with Crippen LogP contribution in [0, 0.1) is 13.8 Å². The van der Waals surface area contributed by atoms with E-state index in [1.54, 1.807) is 0 Å². The van der Waals surface area contributed by atoms with Gasteiger partial charge in [-0.3, -0.25) is 0 Å². The van der Waals surface area contributed by atoms with E-state index >= 15 is 0 Å². The lowest BCUT2D eigenvalue weighted by Crippen LogP contribution is -2.21. The maximum atomic E-state index is 6.25. The third kappa shape index (κ3) is 5.28. The van der Waals surface area contributed by atoms with Gasteiger partial charge >= 0.3 is 0 Å². The van der Waals surface area contributed by atoms with Crippen LogP contribution < -0.4 is 15.5 Å². The van der Waals surface area contributed by atoms with Crippen LogP contribution in [0.3, 0.4) is 0 Å². The zero-order chi connectivity index (χ0) is 19.5. The average Bonchev–Trinajstić information content (AvgIpc) is 3.19. The summed E-state index contributed by atoms with van der Waals surface area (Å²) in [5.41, 5.74) is 3.99. The van der Waals surface area contributed by atoms with Gasteiger partial charge in [0.1, 0.15) is 0 Å². The van der Waals surface area contributed by atoms with E-state index in [9.17, 15) is 0 Å². The van der Waals surface area contributed by atoms with Gasteiger partial charge in [-0.25, -0.2) is 0 Å². The highest BCUT2D eigenvalue weighted by Gasteiger charge is 2.18. The van der Waals surface area contributed by atoms with Gasteiger partial charge in [-0.2, -0.15) is 15.0 Å². The number of hydrogen-bond acceptors (Lipinski definition) is 6. The van der Waals surface area contributed by atoms with Gasteiger partial charge in [0.15, 0.2) is 0 Å². The largest absolute Gasteiger partial charge is 0.341 e. The molecular formula is C21H24Cl2N6. The molecule has 29 heavy (non-hydrogen) atoms. The molecule has 0 radical (unpaired) electrons. The minimum Gasteiger partial charge on any atom is -0.341 e. The Labute approximate surface area is 182 Å². The summed E-state index contributed by atoms with van der Waals surface area (Å²) < 4.78 is 0. The van der Waals surface area contributed by atoms with Crippen LogP contribution in [-0.2, 0) is 0 Å². The van der Waals surface area contributed by atoms with E-state index in [1.807, 2.05) is 37.3 Å². The Bertz CT molecular complexity index is 989. The zero-order valence-electron chi connectivity index (χ0n) is 16.4. The first-order chi connectivity index (χ1) is 13.6. The van der Waals surface area contributed by atoms with Crippen molar-refractivity contribution in [1.29, 1.82) is 0 Å². The second-order valence-electron chi connectivity index (χ2n) is 7.06. The Morgan fingerprint density at radius 1 is 0.862 bits per heavy atom. The first-order valence-corrected chi connectivity index (χ1v) is 9.82. The minimum absolute atomic E-state index is 0. The van der Waals surface area contributed by atoms with Crippen LogP contribution in [0.5, 0.6) is 0 Å². The molecule has 152 valence electrons. The maximum absolute atomic E-state index is 6.25. The lowest BCUT2D eigenvalue weighted by molar-refractivity contribution is 0.886. The van der Waals surface area contributed by atoms with Crippen LogP contribution in [0.2, 0.25) is 5.02 Å². The van der Waals surface area contributed by atoms with Crippen molar-refractivity contribution in [3.63, 3.8) is 0 Å². The number of benzene rings is 2. The van der Waals surface area contributed by atoms with E-state index in [0.717, 1.165) is 42.9 Å². The molecule has 2 aromatic carbocycles. The molecule has 4 rings (SSSR count). The van der Waals surface area contributed by atoms with E-state index < -0.39 is 0 Å². The first kappa shape index (κ1) is 21.1. The van der Waals surface area contributed by atoms with Crippen LogP contribution >= 0.6 is 24.0 Å². The number of aryl methyl sites for hydroxylation is 2. The second kappa shape index (κ2) is 9.29. The molecule has 2 heterocycles. The Balaban J connectivity index is 0.00000240. The SMILES string of the molecule is Cc1cccc(Nc2nc(Nc3ccc(C)c(Cl)c3)nc(N3CCCC3)n2)c1.Cl. The Hall–Kier alpha value is -2.57. The van der Waals surface area contributed by atoms with Crippen molar-refractivity contribution in [3.8, 4) is 0 Å². The van der Waals surface area contributed by atoms with E-state index in [2.05, 4.69) is 49.5 Å². The highest BCUT2D eigenvalue weighted by Crippen LogP contribution is 2.25. The van der Waals surface area contributed by atoms with Gasteiger partial charge in [-0.1, -0.05) is 29.8 Å². The van der Waals surface area contributed by atoms with E-state index in [4.69, 9.17) is 11.6 Å². The van der Waals surface area contributed by atoms with Crippen molar-refractivity contribution < 1.29 is 0 Å². The highest BCUT2D eigenvalue weighted by atomic mass is 35.5. The molecule has 6 nitrogen and oxygen atoms in total. The molecule has 0 atom stereocenters. The first-order valence-electron chi connectivity index (χ1n) is 9.45. The van der Waals surface area contributed by atoms with Crippen molar-refractivity contribution in [2.75, 3.05) is 28.6 Å². The van der Waals surface area contributed by atoms with Crippen molar-refractivity contribution in [2.24, 2.45) is 0 Å². The summed E-state index contributed by atoms with van der Waals surface area (Å²) in [6, 6.07) is 13.9. The fraction of sp³-hybridized carbons (Fsp3) is 0.286. The van der Waals surface area contributed by atoms with Gasteiger partial charge in [0.05, 0.1) is 0 Å². The summed E-state index contributed by atoms with van der Waals surface area (Å²) in [6.07, 6.45) is 2.31. The molecule has 8 heteroatoms. The molecule has 0 unspecified atom stereocenters. The summed E-state index contributed by atoms with van der Waals surface area (Å²) in [7, 11) is 0. The zero-order valence-corrected chi connectivity index (χ0v) is 18.0. The summed E-state index contributed by atoms with van der Waals surface area (Å²) >= 11 is 6.25. The van der Waals surface area contributed by atoms with Crippen molar-refractivity contribution in [2.45, 2.75) is 26.7 Å². The number of halogens is 2. The van der Waals surface area contributed by atoms with E-state index in [1.165, 1.54) is 5.56 Å².